The van der Waals surface area contributed by atoms with Crippen molar-refractivity contribution in [2.24, 2.45) is 0 Å². The van der Waals surface area contributed by atoms with Gasteiger partial charge in [0.2, 0.25) is 0 Å². The number of quaternary nitrogens is 1. The van der Waals surface area contributed by atoms with Gasteiger partial charge in [-0.2, -0.15) is 0 Å². The van der Waals surface area contributed by atoms with Gasteiger partial charge in [-0.3, -0.25) is 30.3 Å². The number of nitro groups is 1. The smallest absolute Gasteiger partial charge is 0.270 e. The number of benzene rings is 1. The van der Waals surface area contributed by atoms with Crippen LogP contribution in [0.3, 0.4) is 0 Å². The highest BCUT2D eigenvalue weighted by molar-refractivity contribution is 7.80. The number of non-ortho nitro benzene ring substituents is 1. The normalized spacial score (nSPS) is 18.4. The Morgan fingerprint density at radius 2 is 1.85 bits per heavy atom. The topological polar surface area (TPSA) is 109 Å². The third-order valence-electron chi connectivity index (χ3n) is 4.42. The van der Waals surface area contributed by atoms with E-state index in [1.54, 1.807) is 6.07 Å². The minimum Gasteiger partial charge on any atom is -0.360 e. The van der Waals surface area contributed by atoms with E-state index in [0.29, 0.717) is 5.56 Å². The first-order chi connectivity index (χ1) is 12.3. The number of carbonyl (C=O) groups excluding carboxylic acids is 2. The Kier molecular flexibility index (Phi) is 4.96. The Labute approximate surface area is 154 Å². The zero-order valence-electron chi connectivity index (χ0n) is 14.1. The van der Waals surface area contributed by atoms with Crippen LogP contribution in [0.4, 0.5) is 11.4 Å². The summed E-state index contributed by atoms with van der Waals surface area (Å²) >= 11 is 4.78. The Balaban J connectivity index is 2.03. The van der Waals surface area contributed by atoms with Crippen LogP contribution >= 0.6 is 12.2 Å². The van der Waals surface area contributed by atoms with Crippen molar-refractivity contribution in [3.63, 3.8) is 0 Å². The van der Waals surface area contributed by atoms with E-state index in [0.717, 1.165) is 31.9 Å². The molecule has 2 amide bonds. The van der Waals surface area contributed by atoms with Crippen molar-refractivity contribution in [3.8, 4) is 0 Å². The number of nitro benzene ring substituents is 1. The van der Waals surface area contributed by atoms with Gasteiger partial charge in [0.05, 0.1) is 38.2 Å². The summed E-state index contributed by atoms with van der Waals surface area (Å²) in [4.78, 5) is 38.3. The van der Waals surface area contributed by atoms with E-state index in [4.69, 9.17) is 12.2 Å². The molecule has 0 spiro atoms. The van der Waals surface area contributed by atoms with Crippen molar-refractivity contribution in [1.29, 1.82) is 0 Å². The van der Waals surface area contributed by atoms with Gasteiger partial charge in [-0.15, -0.1) is 0 Å². The van der Waals surface area contributed by atoms with E-state index in [1.807, 2.05) is 0 Å². The number of amides is 2. The maximum absolute atomic E-state index is 12.1. The maximum Gasteiger partial charge on any atom is 0.270 e. The van der Waals surface area contributed by atoms with Crippen LogP contribution < -0.4 is 20.4 Å². The zero-order valence-corrected chi connectivity index (χ0v) is 14.9. The van der Waals surface area contributed by atoms with Crippen LogP contribution in [0.25, 0.3) is 6.08 Å². The lowest BCUT2D eigenvalue weighted by molar-refractivity contribution is -0.880. The van der Waals surface area contributed by atoms with E-state index in [2.05, 4.69) is 22.6 Å². The van der Waals surface area contributed by atoms with Gasteiger partial charge in [-0.1, -0.05) is 0 Å². The lowest BCUT2D eigenvalue weighted by atomic mass is 10.0. The quantitative estimate of drug-likeness (QED) is 0.202. The highest BCUT2D eigenvalue weighted by Gasteiger charge is 2.27. The van der Waals surface area contributed by atoms with E-state index in [-0.39, 0.29) is 16.4 Å². The van der Waals surface area contributed by atoms with Gasteiger partial charge in [0, 0.05) is 23.4 Å². The maximum atomic E-state index is 12.1. The van der Waals surface area contributed by atoms with Crippen LogP contribution in [0.2, 0.25) is 0 Å². The molecule has 0 aliphatic carbocycles. The number of likely N-dealkylation sites (N-methyl/N-ethyl adjacent to an activating group) is 1. The van der Waals surface area contributed by atoms with Crippen LogP contribution in [0.15, 0.2) is 23.8 Å². The van der Waals surface area contributed by atoms with E-state index in [1.165, 1.54) is 23.1 Å². The summed E-state index contributed by atoms with van der Waals surface area (Å²) in [5.74, 6) is -1.25. The Hall–Kier alpha value is -2.85. The summed E-state index contributed by atoms with van der Waals surface area (Å²) in [7, 11) is 2.11. The molecule has 0 unspecified atom stereocenters. The number of anilines is 1. The minimum absolute atomic E-state index is 0.0570. The van der Waals surface area contributed by atoms with Crippen LogP contribution in [-0.4, -0.2) is 55.1 Å². The van der Waals surface area contributed by atoms with Gasteiger partial charge >= 0.3 is 0 Å². The molecule has 1 aromatic rings. The first-order valence-corrected chi connectivity index (χ1v) is 8.49. The summed E-state index contributed by atoms with van der Waals surface area (Å²) < 4.78 is 0. The standard InChI is InChI=1S/C16H17N5O4S/c1-19-4-6-20(7-5-19)13-3-2-11(21(24)25)8-10(13)9-12-14(22)17-16(26)18-15(12)23/h2-3,8-9H,4-7H2,1H3,(H2,17,18,22,23,26)/p+1. The number of hydrogen-bond donors (Lipinski definition) is 3. The number of rotatable bonds is 3. The second-order valence-corrected chi connectivity index (χ2v) is 6.65. The summed E-state index contributed by atoms with van der Waals surface area (Å²) in [6, 6.07) is 4.47. The molecule has 2 heterocycles. The number of nitrogens with one attached hydrogen (secondary N) is 3. The zero-order chi connectivity index (χ0) is 18.8. The third kappa shape index (κ3) is 3.70. The molecule has 0 bridgehead atoms. The van der Waals surface area contributed by atoms with Crippen molar-refractivity contribution in [3.05, 3.63) is 39.4 Å². The number of hydrogen-bond acceptors (Lipinski definition) is 6. The lowest BCUT2D eigenvalue weighted by Gasteiger charge is -2.32. The fourth-order valence-electron chi connectivity index (χ4n) is 2.95. The summed E-state index contributed by atoms with van der Waals surface area (Å²) in [5, 5.41) is 15.8. The van der Waals surface area contributed by atoms with Crippen molar-refractivity contribution in [2.45, 2.75) is 0 Å². The molecule has 0 atom stereocenters. The predicted molar refractivity (Wildman–Crippen MR) is 98.8 cm³/mol. The van der Waals surface area contributed by atoms with Gasteiger partial charge in [0.1, 0.15) is 5.57 Å². The van der Waals surface area contributed by atoms with Crippen LogP contribution in [0.5, 0.6) is 0 Å². The second-order valence-electron chi connectivity index (χ2n) is 6.24. The number of carbonyl (C=O) groups is 2. The Morgan fingerprint density at radius 3 is 2.42 bits per heavy atom. The molecule has 0 aromatic heterocycles. The van der Waals surface area contributed by atoms with Crippen molar-refractivity contribution in [1.82, 2.24) is 10.6 Å². The highest BCUT2D eigenvalue weighted by Crippen LogP contribution is 2.28. The highest BCUT2D eigenvalue weighted by atomic mass is 32.1. The number of piperazine rings is 1. The Morgan fingerprint density at radius 1 is 1.23 bits per heavy atom. The van der Waals surface area contributed by atoms with E-state index >= 15 is 0 Å². The fraction of sp³-hybridized carbons (Fsp3) is 0.312. The lowest BCUT2D eigenvalue weighted by Crippen LogP contribution is -3.12. The molecule has 9 nitrogen and oxygen atoms in total. The molecule has 3 rings (SSSR count). The average molecular weight is 376 g/mol. The van der Waals surface area contributed by atoms with Crippen molar-refractivity contribution >= 4 is 46.6 Å². The van der Waals surface area contributed by atoms with Gasteiger partial charge in [0.15, 0.2) is 5.11 Å². The third-order valence-corrected chi connectivity index (χ3v) is 4.63. The molecule has 26 heavy (non-hydrogen) atoms. The molecule has 136 valence electrons. The minimum atomic E-state index is -0.626. The molecular weight excluding hydrogens is 358 g/mol. The molecule has 1 aromatic carbocycles. The molecule has 0 saturated carbocycles. The molecule has 10 heteroatoms. The molecule has 2 aliphatic heterocycles. The number of thiocarbonyl (C=S) groups is 1. The summed E-state index contributed by atoms with van der Waals surface area (Å²) in [6.45, 7) is 3.43. The van der Waals surface area contributed by atoms with Crippen molar-refractivity contribution < 1.29 is 19.4 Å². The SMILES string of the molecule is C[NH+]1CCN(c2ccc([N+](=O)[O-])cc2C=C2C(=O)NC(=S)NC2=O)CC1. The van der Waals surface area contributed by atoms with Gasteiger partial charge in [-0.05, 0) is 24.4 Å². The van der Waals surface area contributed by atoms with E-state index < -0.39 is 16.7 Å². The first-order valence-electron chi connectivity index (χ1n) is 8.08. The molecule has 2 fully saturated rings. The monoisotopic (exact) mass is 376 g/mol. The van der Waals surface area contributed by atoms with Crippen LogP contribution in [0.1, 0.15) is 5.56 Å². The van der Waals surface area contributed by atoms with Gasteiger partial charge in [0.25, 0.3) is 17.5 Å². The molecule has 2 saturated heterocycles. The van der Waals surface area contributed by atoms with Crippen LogP contribution in [-0.2, 0) is 9.59 Å². The summed E-state index contributed by atoms with van der Waals surface area (Å²) in [6.07, 6.45) is 1.37. The molecule has 3 N–H and O–H groups in total. The predicted octanol–water partition coefficient (Wildman–Crippen LogP) is -1.16. The van der Waals surface area contributed by atoms with Crippen LogP contribution in [0, 0.1) is 10.1 Å². The fourth-order valence-corrected chi connectivity index (χ4v) is 3.14. The van der Waals surface area contributed by atoms with Gasteiger partial charge < -0.3 is 9.80 Å². The second kappa shape index (κ2) is 7.18. The number of nitrogens with zero attached hydrogens (tertiary/aromatic N) is 2. The Bertz CT molecular complexity index is 808. The largest absolute Gasteiger partial charge is 0.360 e. The molecule has 0 radical (unpaired) electrons. The summed E-state index contributed by atoms with van der Waals surface area (Å²) in [5.41, 5.74) is 0.962. The molecule has 2 aliphatic rings. The first kappa shape index (κ1) is 18.0. The average Bonchev–Trinajstić information content (AvgIpc) is 2.58. The van der Waals surface area contributed by atoms with Gasteiger partial charge in [-0.25, -0.2) is 0 Å². The van der Waals surface area contributed by atoms with Crippen molar-refractivity contribution in [2.75, 3.05) is 38.1 Å². The van der Waals surface area contributed by atoms with E-state index in [9.17, 15) is 19.7 Å². The molecular formula is C16H18N5O4S+.